The zero-order valence-electron chi connectivity index (χ0n) is 15.1. The first kappa shape index (κ1) is 21.6. The van der Waals surface area contributed by atoms with Crippen LogP contribution in [0.15, 0.2) is 24.3 Å². The van der Waals surface area contributed by atoms with Gasteiger partial charge < -0.3 is 15.3 Å². The molecule has 0 amide bonds. The number of piperazine rings is 1. The van der Waals surface area contributed by atoms with Gasteiger partial charge in [0.2, 0.25) is 0 Å². The molecule has 27 heavy (non-hydrogen) atoms. The van der Waals surface area contributed by atoms with Gasteiger partial charge >= 0.3 is 12.4 Å². The summed E-state index contributed by atoms with van der Waals surface area (Å²) in [4.78, 5) is 1.93. The molecule has 1 aromatic carbocycles. The number of anilines is 1. The number of halogens is 6. The fourth-order valence-corrected chi connectivity index (χ4v) is 3.20. The fourth-order valence-electron chi connectivity index (χ4n) is 3.20. The molecular formula is C18H22F6N2O. The molecule has 1 saturated heterocycles. The van der Waals surface area contributed by atoms with Gasteiger partial charge in [-0.15, -0.1) is 0 Å². The van der Waals surface area contributed by atoms with Crippen molar-refractivity contribution in [1.29, 1.82) is 0 Å². The van der Waals surface area contributed by atoms with Crippen LogP contribution in [0.4, 0.5) is 32.0 Å². The highest BCUT2D eigenvalue weighted by Crippen LogP contribution is 2.50. The van der Waals surface area contributed by atoms with Crippen molar-refractivity contribution in [3.8, 4) is 0 Å². The number of nitrogens with zero attached hydrogens (tertiary/aromatic N) is 1. The summed E-state index contributed by atoms with van der Waals surface area (Å²) in [6.07, 6.45) is -8.85. The Balaban J connectivity index is 2.61. The zero-order chi connectivity index (χ0) is 20.6. The summed E-state index contributed by atoms with van der Waals surface area (Å²) in [5.74, 6) is 0. The van der Waals surface area contributed by atoms with Crippen molar-refractivity contribution in [2.75, 3.05) is 18.0 Å². The summed E-state index contributed by atoms with van der Waals surface area (Å²) in [7, 11) is 0. The van der Waals surface area contributed by atoms with E-state index in [2.05, 4.69) is 5.32 Å². The highest BCUT2D eigenvalue weighted by Gasteiger charge is 2.71. The molecule has 152 valence electrons. The van der Waals surface area contributed by atoms with E-state index in [1.54, 1.807) is 6.92 Å². The van der Waals surface area contributed by atoms with Gasteiger partial charge in [-0.3, -0.25) is 0 Å². The van der Waals surface area contributed by atoms with E-state index in [9.17, 15) is 31.4 Å². The molecule has 0 saturated carbocycles. The zero-order valence-corrected chi connectivity index (χ0v) is 15.1. The predicted octanol–water partition coefficient (Wildman–Crippen LogP) is 4.22. The lowest BCUT2D eigenvalue weighted by Gasteiger charge is -2.40. The molecular weight excluding hydrogens is 374 g/mol. The maximum atomic E-state index is 13.2. The Kier molecular flexibility index (Phi) is 5.87. The molecule has 0 radical (unpaired) electrons. The van der Waals surface area contributed by atoms with Crippen LogP contribution < -0.4 is 10.2 Å². The maximum absolute atomic E-state index is 13.2. The molecule has 1 aromatic rings. The minimum atomic E-state index is -5.91. The molecule has 0 aliphatic carbocycles. The van der Waals surface area contributed by atoms with Gasteiger partial charge in [0.15, 0.2) is 0 Å². The molecule has 2 N–H and O–H groups in total. The number of alkyl halides is 6. The van der Waals surface area contributed by atoms with Crippen LogP contribution in [0.1, 0.15) is 31.9 Å². The van der Waals surface area contributed by atoms with E-state index in [0.29, 0.717) is 24.8 Å². The summed E-state index contributed by atoms with van der Waals surface area (Å²) in [5.41, 5.74) is -5.49. The second kappa shape index (κ2) is 7.35. The molecule has 1 aliphatic rings. The molecule has 0 bridgehead atoms. The highest BCUT2D eigenvalue weighted by atomic mass is 19.4. The molecule has 1 heterocycles. The summed E-state index contributed by atoms with van der Waals surface area (Å²) in [6.45, 7) is 6.64. The van der Waals surface area contributed by atoms with E-state index < -0.39 is 23.5 Å². The van der Waals surface area contributed by atoms with Crippen molar-refractivity contribution in [1.82, 2.24) is 5.32 Å². The van der Waals surface area contributed by atoms with Gasteiger partial charge in [-0.1, -0.05) is 18.2 Å². The van der Waals surface area contributed by atoms with Gasteiger partial charge in [0, 0.05) is 36.4 Å². The number of aliphatic hydroxyl groups is 1. The highest BCUT2D eigenvalue weighted by molar-refractivity contribution is 5.69. The molecule has 1 aliphatic heterocycles. The van der Waals surface area contributed by atoms with Gasteiger partial charge in [0.05, 0.1) is 0 Å². The number of hydrogen-bond acceptors (Lipinski definition) is 3. The molecule has 2 unspecified atom stereocenters. The van der Waals surface area contributed by atoms with Crippen LogP contribution in [0.3, 0.4) is 0 Å². The Hall–Kier alpha value is -1.74. The molecule has 2 rings (SSSR count). The van der Waals surface area contributed by atoms with Crippen molar-refractivity contribution >= 4 is 11.8 Å². The van der Waals surface area contributed by atoms with E-state index in [4.69, 9.17) is 0 Å². The van der Waals surface area contributed by atoms with Crippen molar-refractivity contribution in [3.05, 3.63) is 35.4 Å². The third kappa shape index (κ3) is 3.94. The van der Waals surface area contributed by atoms with Crippen molar-refractivity contribution in [2.45, 2.75) is 50.8 Å². The fraction of sp³-hybridized carbons (Fsp3) is 0.556. The first-order chi connectivity index (χ1) is 12.3. The average molecular weight is 396 g/mol. The van der Waals surface area contributed by atoms with Crippen LogP contribution in [0.25, 0.3) is 6.08 Å². The Labute approximate surface area is 153 Å². The van der Waals surface area contributed by atoms with E-state index in [0.717, 1.165) is 6.07 Å². The van der Waals surface area contributed by atoms with Crippen molar-refractivity contribution in [3.63, 3.8) is 0 Å². The van der Waals surface area contributed by atoms with Crippen LogP contribution in [0.5, 0.6) is 0 Å². The van der Waals surface area contributed by atoms with Crippen LogP contribution in [0, 0.1) is 0 Å². The number of benzene rings is 1. The largest absolute Gasteiger partial charge is 0.430 e. The summed E-state index contributed by atoms with van der Waals surface area (Å²) in [6, 6.07) is 2.78. The van der Waals surface area contributed by atoms with Gasteiger partial charge in [0.1, 0.15) is 0 Å². The van der Waals surface area contributed by atoms with E-state index in [1.165, 1.54) is 18.2 Å². The number of hydrogen-bond donors (Lipinski definition) is 2. The van der Waals surface area contributed by atoms with Gasteiger partial charge in [-0.05, 0) is 38.5 Å². The number of nitrogens with one attached hydrogen (secondary N) is 1. The summed E-state index contributed by atoms with van der Waals surface area (Å²) >= 11 is 0. The smallest absolute Gasteiger partial charge is 0.369 e. The number of allylic oxidation sites excluding steroid dienone is 1. The van der Waals surface area contributed by atoms with E-state index in [1.807, 2.05) is 18.7 Å². The third-order valence-electron chi connectivity index (χ3n) is 4.69. The Morgan fingerprint density at radius 3 is 2.22 bits per heavy atom. The Morgan fingerprint density at radius 1 is 1.11 bits per heavy atom. The quantitative estimate of drug-likeness (QED) is 0.751. The topological polar surface area (TPSA) is 35.5 Å². The van der Waals surface area contributed by atoms with E-state index >= 15 is 0 Å². The van der Waals surface area contributed by atoms with Crippen LogP contribution >= 0.6 is 0 Å². The van der Waals surface area contributed by atoms with Crippen LogP contribution in [-0.2, 0) is 5.60 Å². The molecule has 3 nitrogen and oxygen atoms in total. The standard InChI is InChI=1S/C18H22F6N2O/c1-4-5-13-8-14(16(27,17(19,20)21)18(22,23)24)6-7-15(13)26-10-11(2)25-9-12(26)3/h4-8,11-12,25,27H,9-10H2,1-3H3. The lowest BCUT2D eigenvalue weighted by Crippen LogP contribution is -2.55. The normalized spacial score (nSPS) is 22.5. The van der Waals surface area contributed by atoms with Gasteiger partial charge in [0.25, 0.3) is 5.60 Å². The SMILES string of the molecule is CC=Cc1cc(C(O)(C(F)(F)F)C(F)(F)F)ccc1N1CC(C)NCC1C. The van der Waals surface area contributed by atoms with Gasteiger partial charge in [-0.2, -0.15) is 26.3 Å². The van der Waals surface area contributed by atoms with Crippen molar-refractivity contribution < 1.29 is 31.4 Å². The lowest BCUT2D eigenvalue weighted by atomic mass is 9.90. The van der Waals surface area contributed by atoms with Crippen LogP contribution in [-0.4, -0.2) is 42.6 Å². The minimum Gasteiger partial charge on any atom is -0.369 e. The second-order valence-electron chi connectivity index (χ2n) is 6.79. The van der Waals surface area contributed by atoms with Crippen molar-refractivity contribution in [2.24, 2.45) is 0 Å². The first-order valence-corrected chi connectivity index (χ1v) is 8.46. The summed E-state index contributed by atoms with van der Waals surface area (Å²) in [5, 5.41) is 12.9. The van der Waals surface area contributed by atoms with Gasteiger partial charge in [-0.25, -0.2) is 0 Å². The lowest BCUT2D eigenvalue weighted by molar-refractivity contribution is -0.376. The van der Waals surface area contributed by atoms with Crippen LogP contribution in [0.2, 0.25) is 0 Å². The average Bonchev–Trinajstić information content (AvgIpc) is 2.54. The first-order valence-electron chi connectivity index (χ1n) is 8.46. The van der Waals surface area contributed by atoms with E-state index in [-0.39, 0.29) is 17.6 Å². The Bertz CT molecular complexity index is 684. The molecule has 0 spiro atoms. The molecule has 1 fully saturated rings. The second-order valence-corrected chi connectivity index (χ2v) is 6.79. The molecule has 9 heteroatoms. The Morgan fingerprint density at radius 2 is 1.70 bits per heavy atom. The maximum Gasteiger partial charge on any atom is 0.430 e. The monoisotopic (exact) mass is 396 g/mol. The minimum absolute atomic E-state index is 0.000159. The molecule has 2 atom stereocenters. The molecule has 0 aromatic heterocycles. The number of rotatable bonds is 3. The summed E-state index contributed by atoms with van der Waals surface area (Å²) < 4.78 is 79.0. The predicted molar refractivity (Wildman–Crippen MR) is 91.4 cm³/mol. The third-order valence-corrected chi connectivity index (χ3v) is 4.69.